The number of rotatable bonds is 5. The third kappa shape index (κ3) is 4.37. The molecule has 0 unspecified atom stereocenters. The zero-order valence-electron chi connectivity index (χ0n) is 13.6. The molecule has 4 N–H and O–H groups in total. The number of carbonyl (C=O) groups excluding carboxylic acids is 2. The number of pyridine rings is 1. The van der Waals surface area contributed by atoms with Gasteiger partial charge in [-0.1, -0.05) is 6.07 Å². The highest BCUT2D eigenvalue weighted by atomic mass is 19.4. The molecule has 2 heterocycles. The number of carbonyl (C=O) groups is 2. The molecule has 0 bridgehead atoms. The lowest BCUT2D eigenvalue weighted by atomic mass is 10.0. The van der Waals surface area contributed by atoms with E-state index in [1.54, 1.807) is 13.1 Å². The molecule has 0 aliphatic rings. The third-order valence-corrected chi connectivity index (χ3v) is 3.76. The Morgan fingerprint density at radius 1 is 1.36 bits per heavy atom. The zero-order valence-corrected chi connectivity index (χ0v) is 13.6. The van der Waals surface area contributed by atoms with E-state index in [4.69, 9.17) is 5.73 Å². The number of aromatic nitrogens is 2. The first-order chi connectivity index (χ1) is 11.6. The van der Waals surface area contributed by atoms with Gasteiger partial charge >= 0.3 is 6.18 Å². The van der Waals surface area contributed by atoms with E-state index in [1.807, 2.05) is 0 Å². The quantitative estimate of drug-likeness (QED) is 0.765. The number of primary amides is 1. The van der Waals surface area contributed by atoms with Crippen molar-refractivity contribution in [2.45, 2.75) is 32.5 Å². The van der Waals surface area contributed by atoms with Crippen LogP contribution in [0.3, 0.4) is 0 Å². The van der Waals surface area contributed by atoms with Crippen LogP contribution in [0, 0.1) is 6.92 Å². The van der Waals surface area contributed by atoms with Crippen LogP contribution >= 0.6 is 0 Å². The first-order valence-corrected chi connectivity index (χ1v) is 7.38. The fraction of sp³-hybridized carbons (Fsp3) is 0.312. The number of H-pyrrole nitrogens is 1. The minimum atomic E-state index is -4.48. The highest BCUT2D eigenvalue weighted by molar-refractivity contribution is 5.97. The zero-order chi connectivity index (χ0) is 18.8. The molecule has 2 aromatic heterocycles. The number of hydrogen-bond donors (Lipinski definition) is 3. The van der Waals surface area contributed by atoms with Crippen LogP contribution in [0.15, 0.2) is 24.5 Å². The lowest BCUT2D eigenvalue weighted by molar-refractivity contribution is -0.141. The second kappa shape index (κ2) is 6.96. The molecule has 0 fully saturated rings. The van der Waals surface area contributed by atoms with Gasteiger partial charge in [0.1, 0.15) is 17.4 Å². The molecule has 0 saturated heterocycles. The molecule has 25 heavy (non-hydrogen) atoms. The first kappa shape index (κ1) is 18.5. The summed E-state index contributed by atoms with van der Waals surface area (Å²) in [5, 5.41) is 2.46. The molecule has 0 aliphatic heterocycles. The van der Waals surface area contributed by atoms with E-state index in [-0.39, 0.29) is 5.69 Å². The summed E-state index contributed by atoms with van der Waals surface area (Å²) < 4.78 is 37.6. The summed E-state index contributed by atoms with van der Waals surface area (Å²) in [5.41, 5.74) is 6.35. The van der Waals surface area contributed by atoms with Crippen molar-refractivity contribution >= 4 is 11.8 Å². The Balaban J connectivity index is 2.13. The standard InChI is InChI=1S/C16H17F3N4O2/c1-8-11(5-10-3-4-12(21-6-10)16(17,18)19)7-22-13(8)15(25)23-9(2)14(20)24/h3-4,6-7,9,22H,5H2,1-2H3,(H2,20,24)(H,23,25)/t9-/m1/s1. The van der Waals surface area contributed by atoms with E-state index in [1.165, 1.54) is 13.0 Å². The van der Waals surface area contributed by atoms with Crippen molar-refractivity contribution in [2.75, 3.05) is 0 Å². The Bertz CT molecular complexity index is 782. The summed E-state index contributed by atoms with van der Waals surface area (Å²) in [5.74, 6) is -1.14. The summed E-state index contributed by atoms with van der Waals surface area (Å²) in [6, 6.07) is 1.44. The van der Waals surface area contributed by atoms with E-state index in [2.05, 4.69) is 15.3 Å². The topological polar surface area (TPSA) is 101 Å². The van der Waals surface area contributed by atoms with E-state index < -0.39 is 29.7 Å². The highest BCUT2D eigenvalue weighted by Crippen LogP contribution is 2.27. The molecule has 2 aromatic rings. The SMILES string of the molecule is Cc1c(Cc2ccc(C(F)(F)F)nc2)c[nH]c1C(=O)N[C@H](C)C(N)=O. The van der Waals surface area contributed by atoms with E-state index in [0.29, 0.717) is 17.5 Å². The number of alkyl halides is 3. The number of nitrogens with two attached hydrogens (primary N) is 1. The summed E-state index contributed by atoms with van der Waals surface area (Å²) in [6.45, 7) is 3.17. The van der Waals surface area contributed by atoms with Crippen LogP contribution in [0.1, 0.15) is 39.8 Å². The van der Waals surface area contributed by atoms with Gasteiger partial charge in [-0.15, -0.1) is 0 Å². The summed E-state index contributed by atoms with van der Waals surface area (Å²) in [6.07, 6.45) is -1.42. The van der Waals surface area contributed by atoms with Gasteiger partial charge in [-0.3, -0.25) is 14.6 Å². The minimum absolute atomic E-state index is 0.267. The fourth-order valence-electron chi connectivity index (χ4n) is 2.21. The lowest BCUT2D eigenvalue weighted by Crippen LogP contribution is -2.42. The number of amides is 2. The maximum absolute atomic E-state index is 12.5. The van der Waals surface area contributed by atoms with Crippen molar-refractivity contribution < 1.29 is 22.8 Å². The molecule has 9 heteroatoms. The average Bonchev–Trinajstić information content (AvgIpc) is 2.88. The van der Waals surface area contributed by atoms with Gasteiger partial charge in [0.05, 0.1) is 0 Å². The predicted molar refractivity (Wildman–Crippen MR) is 83.7 cm³/mol. The molecule has 134 valence electrons. The number of nitrogens with zero attached hydrogens (tertiary/aromatic N) is 1. The van der Waals surface area contributed by atoms with Gasteiger partial charge in [-0.05, 0) is 36.6 Å². The van der Waals surface area contributed by atoms with Crippen molar-refractivity contribution in [1.29, 1.82) is 0 Å². The van der Waals surface area contributed by atoms with Crippen LogP contribution < -0.4 is 11.1 Å². The number of aromatic amines is 1. The van der Waals surface area contributed by atoms with Gasteiger partial charge in [0.25, 0.3) is 5.91 Å². The molecule has 0 aliphatic carbocycles. The van der Waals surface area contributed by atoms with E-state index in [0.717, 1.165) is 17.8 Å². The molecule has 0 saturated carbocycles. The van der Waals surface area contributed by atoms with Crippen LogP contribution in [0.25, 0.3) is 0 Å². The van der Waals surface area contributed by atoms with Crippen molar-refractivity contribution in [3.63, 3.8) is 0 Å². The normalized spacial score (nSPS) is 12.7. The molecular weight excluding hydrogens is 337 g/mol. The summed E-state index contributed by atoms with van der Waals surface area (Å²) in [7, 11) is 0. The molecule has 0 aromatic carbocycles. The van der Waals surface area contributed by atoms with E-state index >= 15 is 0 Å². The highest BCUT2D eigenvalue weighted by Gasteiger charge is 2.32. The molecule has 6 nitrogen and oxygen atoms in total. The van der Waals surface area contributed by atoms with Crippen LogP contribution in [-0.2, 0) is 17.4 Å². The Labute approximate surface area is 141 Å². The number of nitrogens with one attached hydrogen (secondary N) is 2. The molecule has 1 atom stereocenters. The van der Waals surface area contributed by atoms with Gasteiger partial charge in [0.15, 0.2) is 0 Å². The first-order valence-electron chi connectivity index (χ1n) is 7.38. The van der Waals surface area contributed by atoms with Crippen LogP contribution in [0.4, 0.5) is 13.2 Å². The van der Waals surface area contributed by atoms with Crippen LogP contribution in [-0.4, -0.2) is 27.8 Å². The average molecular weight is 354 g/mol. The molecule has 0 spiro atoms. The monoisotopic (exact) mass is 354 g/mol. The second-order valence-electron chi connectivity index (χ2n) is 5.64. The Kier molecular flexibility index (Phi) is 5.15. The molecule has 2 amide bonds. The van der Waals surface area contributed by atoms with Gasteiger partial charge in [0, 0.05) is 18.8 Å². The maximum atomic E-state index is 12.5. The minimum Gasteiger partial charge on any atom is -0.368 e. The smallest absolute Gasteiger partial charge is 0.368 e. The summed E-state index contributed by atoms with van der Waals surface area (Å²) >= 11 is 0. The molecule has 2 rings (SSSR count). The lowest BCUT2D eigenvalue weighted by Gasteiger charge is -2.10. The number of hydrogen-bond acceptors (Lipinski definition) is 3. The van der Waals surface area contributed by atoms with Gasteiger partial charge in [-0.2, -0.15) is 13.2 Å². The Morgan fingerprint density at radius 3 is 2.56 bits per heavy atom. The largest absolute Gasteiger partial charge is 0.433 e. The summed E-state index contributed by atoms with van der Waals surface area (Å²) in [4.78, 5) is 29.3. The van der Waals surface area contributed by atoms with Crippen LogP contribution in [0.5, 0.6) is 0 Å². The Morgan fingerprint density at radius 2 is 2.04 bits per heavy atom. The van der Waals surface area contributed by atoms with Gasteiger partial charge < -0.3 is 16.0 Å². The van der Waals surface area contributed by atoms with E-state index in [9.17, 15) is 22.8 Å². The second-order valence-corrected chi connectivity index (χ2v) is 5.64. The van der Waals surface area contributed by atoms with Crippen molar-refractivity contribution in [2.24, 2.45) is 5.73 Å². The maximum Gasteiger partial charge on any atom is 0.433 e. The van der Waals surface area contributed by atoms with Gasteiger partial charge in [0.2, 0.25) is 5.91 Å². The van der Waals surface area contributed by atoms with Crippen LogP contribution in [0.2, 0.25) is 0 Å². The van der Waals surface area contributed by atoms with Crippen molar-refractivity contribution in [3.8, 4) is 0 Å². The molecular formula is C16H17F3N4O2. The molecule has 0 radical (unpaired) electrons. The van der Waals surface area contributed by atoms with Crippen molar-refractivity contribution in [3.05, 3.63) is 52.6 Å². The number of halogens is 3. The van der Waals surface area contributed by atoms with Gasteiger partial charge in [-0.25, -0.2) is 0 Å². The predicted octanol–water partition coefficient (Wildman–Crippen LogP) is 1.93. The Hall–Kier alpha value is -2.84. The van der Waals surface area contributed by atoms with Crippen molar-refractivity contribution in [1.82, 2.24) is 15.3 Å². The third-order valence-electron chi connectivity index (χ3n) is 3.76. The fourth-order valence-corrected chi connectivity index (χ4v) is 2.21.